The predicted molar refractivity (Wildman–Crippen MR) is 106 cm³/mol. The first-order chi connectivity index (χ1) is 11.4. The van der Waals surface area contributed by atoms with Gasteiger partial charge in [0.15, 0.2) is 5.78 Å². The van der Waals surface area contributed by atoms with Crippen molar-refractivity contribution in [2.45, 2.75) is 57.4 Å². The number of thioether (sulfide) groups is 1. The third-order valence-corrected chi connectivity index (χ3v) is 5.24. The second-order valence-corrected chi connectivity index (χ2v) is 9.46. The van der Waals surface area contributed by atoms with Crippen LogP contribution in [-0.4, -0.2) is 21.7 Å². The van der Waals surface area contributed by atoms with Gasteiger partial charge in [0.1, 0.15) is 5.75 Å². The quantitative estimate of drug-likeness (QED) is 0.599. The molecular weight excluding hydrogens is 330 g/mol. The molecule has 0 aliphatic heterocycles. The number of aromatic nitrogens is 1. The Kier molecular flexibility index (Phi) is 5.16. The molecule has 0 aliphatic rings. The second kappa shape index (κ2) is 6.56. The fourth-order valence-electron chi connectivity index (χ4n) is 2.95. The van der Waals surface area contributed by atoms with Gasteiger partial charge in [-0.2, -0.15) is 0 Å². The van der Waals surface area contributed by atoms with E-state index in [9.17, 15) is 9.90 Å². The smallest absolute Gasteiger partial charge is 0.194 e. The summed E-state index contributed by atoms with van der Waals surface area (Å²) in [5.74, 6) is 0.293. The molecule has 0 fully saturated rings. The summed E-state index contributed by atoms with van der Waals surface area (Å²) in [5, 5.41) is 11.9. The van der Waals surface area contributed by atoms with Crippen molar-refractivity contribution in [2.24, 2.45) is 7.05 Å². The number of phenolic OH excluding ortho intramolecular Hbond substituents is 1. The molecule has 0 aliphatic carbocycles. The van der Waals surface area contributed by atoms with Gasteiger partial charge in [-0.3, -0.25) is 4.79 Å². The topological polar surface area (TPSA) is 42.2 Å². The van der Waals surface area contributed by atoms with Gasteiger partial charge in [-0.25, -0.2) is 0 Å². The minimum atomic E-state index is -0.249. The number of carbonyl (C=O) groups is 1. The highest BCUT2D eigenvalue weighted by Crippen LogP contribution is 2.40. The molecule has 0 bridgehead atoms. The van der Waals surface area contributed by atoms with E-state index >= 15 is 0 Å². The van der Waals surface area contributed by atoms with Crippen molar-refractivity contribution >= 4 is 17.5 Å². The number of rotatable bonds is 3. The summed E-state index contributed by atoms with van der Waals surface area (Å²) in [4.78, 5) is 13.1. The minimum Gasteiger partial charge on any atom is -0.507 e. The number of ketones is 1. The van der Waals surface area contributed by atoms with Crippen molar-refractivity contribution in [3.63, 3.8) is 0 Å². The Morgan fingerprint density at radius 2 is 1.44 bits per heavy atom. The van der Waals surface area contributed by atoms with E-state index in [1.165, 1.54) is 0 Å². The lowest BCUT2D eigenvalue weighted by Crippen LogP contribution is -2.19. The molecule has 0 saturated heterocycles. The van der Waals surface area contributed by atoms with Crippen LogP contribution >= 0.6 is 11.8 Å². The zero-order valence-corrected chi connectivity index (χ0v) is 17.3. The third-order valence-electron chi connectivity index (χ3n) is 4.42. The molecule has 1 N–H and O–H groups in total. The molecular formula is C21H29NO2S. The van der Waals surface area contributed by atoms with Crippen LogP contribution in [0.4, 0.5) is 0 Å². The molecule has 0 saturated carbocycles. The Labute approximate surface area is 155 Å². The summed E-state index contributed by atoms with van der Waals surface area (Å²) < 4.78 is 1.97. The largest absolute Gasteiger partial charge is 0.507 e. The Balaban J connectivity index is 2.66. The number of aromatic hydroxyl groups is 1. The Morgan fingerprint density at radius 1 is 0.960 bits per heavy atom. The molecule has 136 valence electrons. The van der Waals surface area contributed by atoms with Crippen molar-refractivity contribution in [3.8, 4) is 5.75 Å². The van der Waals surface area contributed by atoms with E-state index in [4.69, 9.17) is 0 Å². The minimum absolute atomic E-state index is 0.00750. The first-order valence-corrected chi connectivity index (χ1v) is 9.71. The number of benzene rings is 1. The number of aryl methyl sites for hydroxylation is 1. The Hall–Kier alpha value is -1.68. The molecule has 1 aromatic heterocycles. The average Bonchev–Trinajstić information content (AvgIpc) is 2.85. The van der Waals surface area contributed by atoms with Crippen LogP contribution in [0, 0.1) is 0 Å². The Morgan fingerprint density at radius 3 is 1.80 bits per heavy atom. The number of nitrogens with zero attached hydrogens (tertiary/aromatic N) is 1. The van der Waals surface area contributed by atoms with Gasteiger partial charge in [0.2, 0.25) is 0 Å². The first kappa shape index (κ1) is 19.6. The maximum absolute atomic E-state index is 13.1. The van der Waals surface area contributed by atoms with Gasteiger partial charge in [-0.15, -0.1) is 11.8 Å². The van der Waals surface area contributed by atoms with Crippen LogP contribution in [0.15, 0.2) is 29.4 Å². The summed E-state index contributed by atoms with van der Waals surface area (Å²) in [6.07, 6.45) is 3.87. The lowest BCUT2D eigenvalue weighted by Gasteiger charge is -2.28. The molecule has 3 nitrogen and oxygen atoms in total. The molecule has 1 heterocycles. The van der Waals surface area contributed by atoms with E-state index in [-0.39, 0.29) is 16.6 Å². The third kappa shape index (κ3) is 3.95. The summed E-state index contributed by atoms with van der Waals surface area (Å²) in [6.45, 7) is 12.3. The highest BCUT2D eigenvalue weighted by atomic mass is 32.2. The standard InChI is InChI=1S/C21H29NO2S/c1-20(2,3)15-9-13(10-16(19(15)24)21(4,5)6)18(23)14-11-17(25-8)22(7)12-14/h9-12,24H,1-8H3. The van der Waals surface area contributed by atoms with Crippen LogP contribution in [0.2, 0.25) is 0 Å². The van der Waals surface area contributed by atoms with Gasteiger partial charge in [-0.1, -0.05) is 41.5 Å². The number of carbonyl (C=O) groups excluding carboxylic acids is 1. The van der Waals surface area contributed by atoms with Gasteiger partial charge in [0, 0.05) is 35.5 Å². The molecule has 0 spiro atoms. The summed E-state index contributed by atoms with van der Waals surface area (Å²) in [6, 6.07) is 5.62. The van der Waals surface area contributed by atoms with E-state index < -0.39 is 0 Å². The maximum Gasteiger partial charge on any atom is 0.194 e. The molecule has 0 unspecified atom stereocenters. The van der Waals surface area contributed by atoms with Crippen molar-refractivity contribution in [3.05, 3.63) is 46.6 Å². The van der Waals surface area contributed by atoms with Crippen molar-refractivity contribution < 1.29 is 9.90 Å². The molecule has 4 heteroatoms. The fraction of sp³-hybridized carbons (Fsp3) is 0.476. The van der Waals surface area contributed by atoms with Crippen molar-refractivity contribution in [1.29, 1.82) is 0 Å². The monoisotopic (exact) mass is 359 g/mol. The molecule has 0 amide bonds. The number of hydrogen-bond donors (Lipinski definition) is 1. The predicted octanol–water partition coefficient (Wildman–Crippen LogP) is 5.28. The summed E-state index contributed by atoms with van der Waals surface area (Å²) in [7, 11) is 1.95. The first-order valence-electron chi connectivity index (χ1n) is 8.49. The Bertz CT molecular complexity index is 769. The lowest BCUT2D eigenvalue weighted by atomic mass is 9.78. The van der Waals surface area contributed by atoms with Crippen LogP contribution < -0.4 is 0 Å². The second-order valence-electron chi connectivity index (χ2n) is 8.63. The van der Waals surface area contributed by atoms with E-state index in [0.717, 1.165) is 16.2 Å². The van der Waals surface area contributed by atoms with Crippen LogP contribution in [-0.2, 0) is 17.9 Å². The van der Waals surface area contributed by atoms with E-state index in [1.54, 1.807) is 11.8 Å². The van der Waals surface area contributed by atoms with Crippen LogP contribution in [0.3, 0.4) is 0 Å². The highest BCUT2D eigenvalue weighted by Gasteiger charge is 2.28. The van der Waals surface area contributed by atoms with E-state index in [0.29, 0.717) is 16.9 Å². The molecule has 25 heavy (non-hydrogen) atoms. The molecule has 0 radical (unpaired) electrons. The number of phenols is 1. The SMILES string of the molecule is CSc1cc(C(=O)c2cc(C(C)(C)C)c(O)c(C(C)(C)C)c2)cn1C. The number of hydrogen-bond acceptors (Lipinski definition) is 3. The van der Waals surface area contributed by atoms with Crippen molar-refractivity contribution in [2.75, 3.05) is 6.26 Å². The van der Waals surface area contributed by atoms with Gasteiger partial charge >= 0.3 is 0 Å². The van der Waals surface area contributed by atoms with Gasteiger partial charge < -0.3 is 9.67 Å². The maximum atomic E-state index is 13.1. The van der Waals surface area contributed by atoms with Crippen LogP contribution in [0.25, 0.3) is 0 Å². The van der Waals surface area contributed by atoms with Crippen LogP contribution in [0.5, 0.6) is 5.75 Å². The summed E-state index contributed by atoms with van der Waals surface area (Å²) >= 11 is 1.62. The van der Waals surface area contributed by atoms with E-state index in [2.05, 4.69) is 41.5 Å². The van der Waals surface area contributed by atoms with Gasteiger partial charge in [0.25, 0.3) is 0 Å². The normalized spacial score (nSPS) is 12.5. The average molecular weight is 360 g/mol. The van der Waals surface area contributed by atoms with E-state index in [1.807, 2.05) is 42.3 Å². The fourth-order valence-corrected chi connectivity index (χ4v) is 3.53. The lowest BCUT2D eigenvalue weighted by molar-refractivity contribution is 0.103. The zero-order valence-electron chi connectivity index (χ0n) is 16.5. The molecule has 2 aromatic rings. The summed E-state index contributed by atoms with van der Waals surface area (Å²) in [5.41, 5.74) is 2.43. The molecule has 1 aromatic carbocycles. The van der Waals surface area contributed by atoms with Crippen LogP contribution in [0.1, 0.15) is 68.6 Å². The highest BCUT2D eigenvalue weighted by molar-refractivity contribution is 7.98. The van der Waals surface area contributed by atoms with Gasteiger partial charge in [-0.05, 0) is 35.3 Å². The van der Waals surface area contributed by atoms with Crippen molar-refractivity contribution in [1.82, 2.24) is 4.57 Å². The van der Waals surface area contributed by atoms with Gasteiger partial charge in [0.05, 0.1) is 5.03 Å². The molecule has 2 rings (SSSR count). The zero-order chi connectivity index (χ0) is 19.2. The molecule has 0 atom stereocenters.